The number of hydrogen-bond donors (Lipinski definition) is 1. The zero-order valence-corrected chi connectivity index (χ0v) is 15.3. The summed E-state index contributed by atoms with van der Waals surface area (Å²) in [7, 11) is 0. The quantitative estimate of drug-likeness (QED) is 0.667. The van der Waals surface area contributed by atoms with Gasteiger partial charge in [-0.1, -0.05) is 0 Å². The van der Waals surface area contributed by atoms with E-state index < -0.39 is 11.7 Å². The predicted molar refractivity (Wildman–Crippen MR) is 98.1 cm³/mol. The normalized spacial score (nSPS) is 22.0. The van der Waals surface area contributed by atoms with Crippen molar-refractivity contribution in [1.82, 2.24) is 24.7 Å². The fourth-order valence-electron chi connectivity index (χ4n) is 4.03. The number of halogens is 3. The zero-order chi connectivity index (χ0) is 20.2. The van der Waals surface area contributed by atoms with Gasteiger partial charge in [0.15, 0.2) is 5.82 Å². The van der Waals surface area contributed by atoms with E-state index in [9.17, 15) is 18.0 Å². The minimum Gasteiger partial charge on any atom is -0.355 e. The van der Waals surface area contributed by atoms with Crippen LogP contribution in [0.25, 0.3) is 17.2 Å². The van der Waals surface area contributed by atoms with E-state index in [1.165, 1.54) is 16.7 Å². The highest BCUT2D eigenvalue weighted by atomic mass is 19.4. The summed E-state index contributed by atoms with van der Waals surface area (Å²) < 4.78 is 40.7. The van der Waals surface area contributed by atoms with Crippen LogP contribution in [0, 0.1) is 5.41 Å². The molecule has 5 rings (SSSR count). The van der Waals surface area contributed by atoms with Crippen molar-refractivity contribution in [3.8, 4) is 11.5 Å². The van der Waals surface area contributed by atoms with E-state index in [1.807, 2.05) is 4.90 Å². The molecule has 0 radical (unpaired) electrons. The van der Waals surface area contributed by atoms with Gasteiger partial charge < -0.3 is 10.2 Å². The maximum absolute atomic E-state index is 13.1. The standard InChI is InChI=1S/C19H17F3N6O/c20-19(21,22)12-2-3-14-24-8-13(28(14)9-12)16-23-6-4-15(26-16)27-7-1-5-18(11-27)10-25-17(18)29/h2-4,6,8-9H,1,5,7,10-11H2,(H,25,29)/t18-/m0/s1. The lowest BCUT2D eigenvalue weighted by atomic mass is 9.74. The summed E-state index contributed by atoms with van der Waals surface area (Å²) in [5, 5.41) is 2.81. The van der Waals surface area contributed by atoms with Crippen molar-refractivity contribution in [3.05, 3.63) is 42.4 Å². The lowest BCUT2D eigenvalue weighted by Gasteiger charge is -2.47. The van der Waals surface area contributed by atoms with Crippen LogP contribution in [0.5, 0.6) is 0 Å². The third kappa shape index (κ3) is 2.90. The summed E-state index contributed by atoms with van der Waals surface area (Å²) in [5.41, 5.74) is -0.380. The van der Waals surface area contributed by atoms with Gasteiger partial charge in [-0.2, -0.15) is 13.2 Å². The second kappa shape index (κ2) is 6.16. The van der Waals surface area contributed by atoms with E-state index in [4.69, 9.17) is 0 Å². The first-order valence-electron chi connectivity index (χ1n) is 9.27. The van der Waals surface area contributed by atoms with Crippen molar-refractivity contribution < 1.29 is 18.0 Å². The molecule has 2 aliphatic rings. The Kier molecular flexibility index (Phi) is 3.80. The Balaban J connectivity index is 1.51. The van der Waals surface area contributed by atoms with Crippen LogP contribution in [0.1, 0.15) is 18.4 Å². The summed E-state index contributed by atoms with van der Waals surface area (Å²) >= 11 is 0. The van der Waals surface area contributed by atoms with Crippen LogP contribution in [0.3, 0.4) is 0 Å². The van der Waals surface area contributed by atoms with Gasteiger partial charge in [0.1, 0.15) is 17.2 Å². The molecule has 3 aromatic heterocycles. The van der Waals surface area contributed by atoms with Crippen LogP contribution < -0.4 is 10.2 Å². The molecule has 7 nitrogen and oxygen atoms in total. The molecular weight excluding hydrogens is 385 g/mol. The van der Waals surface area contributed by atoms with Crippen molar-refractivity contribution in [2.75, 3.05) is 24.5 Å². The Labute approximate surface area is 163 Å². The van der Waals surface area contributed by atoms with Gasteiger partial charge in [-0.05, 0) is 31.0 Å². The molecule has 1 spiro atoms. The number of amides is 1. The van der Waals surface area contributed by atoms with E-state index in [0.29, 0.717) is 30.2 Å². The number of imidazole rings is 1. The van der Waals surface area contributed by atoms with Gasteiger partial charge in [-0.25, -0.2) is 15.0 Å². The molecule has 1 amide bonds. The molecule has 1 atom stereocenters. The lowest BCUT2D eigenvalue weighted by Crippen LogP contribution is -2.65. The largest absolute Gasteiger partial charge is 0.417 e. The molecule has 0 aliphatic carbocycles. The molecule has 29 heavy (non-hydrogen) atoms. The van der Waals surface area contributed by atoms with Crippen LogP contribution in [0.4, 0.5) is 19.0 Å². The van der Waals surface area contributed by atoms with E-state index in [1.54, 1.807) is 12.3 Å². The lowest BCUT2D eigenvalue weighted by molar-refractivity contribution is -0.140. The van der Waals surface area contributed by atoms with Crippen LogP contribution in [-0.4, -0.2) is 44.9 Å². The van der Waals surface area contributed by atoms with Gasteiger partial charge in [0.25, 0.3) is 0 Å². The van der Waals surface area contributed by atoms with E-state index >= 15 is 0 Å². The number of fused-ring (bicyclic) bond motifs is 1. The number of carbonyl (C=O) groups excluding carboxylic acids is 1. The molecule has 0 aromatic carbocycles. The fraction of sp³-hybridized carbons (Fsp3) is 0.368. The molecule has 2 fully saturated rings. The first-order chi connectivity index (χ1) is 13.9. The topological polar surface area (TPSA) is 75.4 Å². The Bertz CT molecular complexity index is 1110. The monoisotopic (exact) mass is 402 g/mol. The van der Waals surface area contributed by atoms with Gasteiger partial charge >= 0.3 is 6.18 Å². The van der Waals surface area contributed by atoms with E-state index in [2.05, 4.69) is 20.3 Å². The number of hydrogen-bond acceptors (Lipinski definition) is 5. The number of carbonyl (C=O) groups is 1. The molecule has 0 saturated carbocycles. The highest BCUT2D eigenvalue weighted by Crippen LogP contribution is 2.36. The molecule has 3 aromatic rings. The SMILES string of the molecule is O=C1NC[C@]12CCCN(c1ccnc(-c3cnc4ccc(C(F)(F)F)cn34)n1)C2. The molecule has 5 heterocycles. The molecular formula is C19H17F3N6O. The number of pyridine rings is 1. The highest BCUT2D eigenvalue weighted by molar-refractivity contribution is 5.89. The summed E-state index contributed by atoms with van der Waals surface area (Å²) in [5.74, 6) is 1.00. The number of β-lactam (4-membered cyclic amide) rings is 1. The second-order valence-corrected chi connectivity index (χ2v) is 7.51. The number of nitrogens with zero attached hydrogens (tertiary/aromatic N) is 5. The second-order valence-electron chi connectivity index (χ2n) is 7.51. The van der Waals surface area contributed by atoms with Crippen molar-refractivity contribution in [2.24, 2.45) is 5.41 Å². The van der Waals surface area contributed by atoms with Crippen LogP contribution in [0.2, 0.25) is 0 Å². The van der Waals surface area contributed by atoms with E-state index in [0.717, 1.165) is 31.6 Å². The molecule has 10 heteroatoms. The third-order valence-electron chi connectivity index (χ3n) is 5.67. The number of rotatable bonds is 2. The Hall–Kier alpha value is -3.17. The Morgan fingerprint density at radius 1 is 1.17 bits per heavy atom. The van der Waals surface area contributed by atoms with Crippen molar-refractivity contribution >= 4 is 17.4 Å². The highest BCUT2D eigenvalue weighted by Gasteiger charge is 2.49. The summed E-state index contributed by atoms with van der Waals surface area (Å²) in [6, 6.07) is 4.07. The number of piperidine rings is 1. The predicted octanol–water partition coefficient (Wildman–Crippen LogP) is 2.53. The number of aromatic nitrogens is 4. The maximum Gasteiger partial charge on any atom is 0.417 e. The van der Waals surface area contributed by atoms with Gasteiger partial charge in [-0.15, -0.1) is 0 Å². The minimum absolute atomic E-state index is 0.0675. The Morgan fingerprint density at radius 2 is 2.03 bits per heavy atom. The zero-order valence-electron chi connectivity index (χ0n) is 15.3. The number of anilines is 1. The number of nitrogens with one attached hydrogen (secondary N) is 1. The summed E-state index contributed by atoms with van der Waals surface area (Å²) in [6.45, 7) is 1.99. The summed E-state index contributed by atoms with van der Waals surface area (Å²) in [6.07, 6.45) is 1.31. The first kappa shape index (κ1) is 17.9. The average molecular weight is 402 g/mol. The first-order valence-corrected chi connectivity index (χ1v) is 9.27. The Morgan fingerprint density at radius 3 is 2.76 bits per heavy atom. The third-order valence-corrected chi connectivity index (χ3v) is 5.67. The van der Waals surface area contributed by atoms with Gasteiger partial charge in [0.05, 0.1) is 17.2 Å². The van der Waals surface area contributed by atoms with Crippen LogP contribution in [-0.2, 0) is 11.0 Å². The van der Waals surface area contributed by atoms with Crippen molar-refractivity contribution in [2.45, 2.75) is 19.0 Å². The van der Waals surface area contributed by atoms with Crippen LogP contribution >= 0.6 is 0 Å². The summed E-state index contributed by atoms with van der Waals surface area (Å²) in [4.78, 5) is 27.0. The minimum atomic E-state index is -4.45. The average Bonchev–Trinajstić information content (AvgIpc) is 3.15. The van der Waals surface area contributed by atoms with Gasteiger partial charge in [-0.3, -0.25) is 9.20 Å². The molecule has 1 N–H and O–H groups in total. The molecule has 2 saturated heterocycles. The van der Waals surface area contributed by atoms with E-state index in [-0.39, 0.29) is 17.1 Å². The maximum atomic E-state index is 13.1. The van der Waals surface area contributed by atoms with Crippen molar-refractivity contribution in [1.29, 1.82) is 0 Å². The van der Waals surface area contributed by atoms with Crippen LogP contribution in [0.15, 0.2) is 36.8 Å². The van der Waals surface area contributed by atoms with Gasteiger partial charge in [0.2, 0.25) is 5.91 Å². The number of alkyl halides is 3. The fourth-order valence-corrected chi connectivity index (χ4v) is 4.03. The van der Waals surface area contributed by atoms with Gasteiger partial charge in [0, 0.05) is 32.0 Å². The molecule has 150 valence electrons. The molecule has 2 aliphatic heterocycles. The molecule has 0 bridgehead atoms. The van der Waals surface area contributed by atoms with Crippen molar-refractivity contribution in [3.63, 3.8) is 0 Å². The molecule has 0 unspecified atom stereocenters. The smallest absolute Gasteiger partial charge is 0.355 e.